The zero-order valence-corrected chi connectivity index (χ0v) is 13.0. The normalized spacial score (nSPS) is 10.3. The van der Waals surface area contributed by atoms with Gasteiger partial charge in [-0.25, -0.2) is 4.79 Å². The summed E-state index contributed by atoms with van der Waals surface area (Å²) in [5.74, 6) is -1.15. The van der Waals surface area contributed by atoms with Crippen LogP contribution >= 0.6 is 39.1 Å². The number of esters is 1. The molecule has 20 heavy (non-hydrogen) atoms. The zero-order chi connectivity index (χ0) is 14.7. The van der Waals surface area contributed by atoms with Gasteiger partial charge in [0.25, 0.3) is 0 Å². The van der Waals surface area contributed by atoms with Gasteiger partial charge in [0.2, 0.25) is 11.5 Å². The smallest absolute Gasteiger partial charge is 0.374 e. The minimum atomic E-state index is -0.728. The fourth-order valence-electron chi connectivity index (χ4n) is 1.42. The Hall–Kier alpha value is -1.30. The lowest BCUT2D eigenvalue weighted by molar-refractivity contribution is 0.0442. The van der Waals surface area contributed by atoms with E-state index in [1.165, 1.54) is 24.3 Å². The Balaban J connectivity index is 2.00. The predicted octanol–water partition coefficient (Wildman–Crippen LogP) is 4.39. The van der Waals surface area contributed by atoms with Crippen LogP contribution in [0.4, 0.5) is 0 Å². The molecule has 4 nitrogen and oxygen atoms in total. The Morgan fingerprint density at radius 3 is 2.55 bits per heavy atom. The minimum absolute atomic E-state index is 0.00637. The molecule has 2 rings (SSSR count). The molecule has 104 valence electrons. The number of carbonyl (C=O) groups excluding carboxylic acids is 2. The van der Waals surface area contributed by atoms with Gasteiger partial charge in [0.05, 0.1) is 5.02 Å². The number of furan rings is 1. The van der Waals surface area contributed by atoms with E-state index in [1.54, 1.807) is 6.07 Å². The topological polar surface area (TPSA) is 56.5 Å². The Morgan fingerprint density at radius 1 is 1.20 bits per heavy atom. The van der Waals surface area contributed by atoms with E-state index < -0.39 is 18.4 Å². The van der Waals surface area contributed by atoms with E-state index in [1.807, 2.05) is 0 Å². The Kier molecular flexibility index (Phi) is 4.86. The van der Waals surface area contributed by atoms with Gasteiger partial charge in [-0.05, 0) is 46.3 Å². The average molecular weight is 378 g/mol. The maximum Gasteiger partial charge on any atom is 0.374 e. The van der Waals surface area contributed by atoms with E-state index >= 15 is 0 Å². The summed E-state index contributed by atoms with van der Waals surface area (Å²) in [7, 11) is 0. The van der Waals surface area contributed by atoms with Crippen molar-refractivity contribution in [1.82, 2.24) is 0 Å². The van der Waals surface area contributed by atoms with E-state index in [4.69, 9.17) is 32.4 Å². The number of carbonyl (C=O) groups is 2. The van der Waals surface area contributed by atoms with Crippen LogP contribution in [0.2, 0.25) is 10.0 Å². The SMILES string of the molecule is O=C(OCC(=O)c1ccc(Cl)cc1Cl)c1ccc(Br)o1. The molecule has 1 aromatic carbocycles. The molecule has 0 radical (unpaired) electrons. The standard InChI is InChI=1S/C13H7BrCl2O4/c14-12-4-3-11(20-12)13(18)19-6-10(17)8-2-1-7(15)5-9(8)16/h1-5H,6H2. The molecule has 0 saturated heterocycles. The molecule has 0 bridgehead atoms. The highest BCUT2D eigenvalue weighted by Crippen LogP contribution is 2.21. The molecule has 2 aromatic rings. The zero-order valence-electron chi connectivity index (χ0n) is 9.86. The lowest BCUT2D eigenvalue weighted by atomic mass is 10.1. The second-order valence-electron chi connectivity index (χ2n) is 3.73. The van der Waals surface area contributed by atoms with Crippen molar-refractivity contribution in [2.75, 3.05) is 6.61 Å². The summed E-state index contributed by atoms with van der Waals surface area (Å²) in [5.41, 5.74) is 0.240. The first-order valence-electron chi connectivity index (χ1n) is 5.38. The number of ether oxygens (including phenoxy) is 1. The predicted molar refractivity (Wildman–Crippen MR) is 77.5 cm³/mol. The third-order valence-electron chi connectivity index (χ3n) is 2.34. The second kappa shape index (κ2) is 6.43. The van der Waals surface area contributed by atoms with Gasteiger partial charge in [-0.1, -0.05) is 23.2 Å². The van der Waals surface area contributed by atoms with Gasteiger partial charge >= 0.3 is 5.97 Å². The number of hydrogen-bond donors (Lipinski definition) is 0. The minimum Gasteiger partial charge on any atom is -0.451 e. The first kappa shape index (κ1) is 15.1. The molecular weight excluding hydrogens is 371 g/mol. The lowest BCUT2D eigenvalue weighted by Crippen LogP contribution is -2.14. The highest BCUT2D eigenvalue weighted by atomic mass is 79.9. The van der Waals surface area contributed by atoms with Crippen LogP contribution in [0.15, 0.2) is 39.4 Å². The van der Waals surface area contributed by atoms with Gasteiger partial charge in [0.15, 0.2) is 11.3 Å². The molecule has 7 heteroatoms. The molecule has 1 aromatic heterocycles. The van der Waals surface area contributed by atoms with Crippen molar-refractivity contribution in [3.8, 4) is 0 Å². The number of benzene rings is 1. The maximum atomic E-state index is 11.9. The van der Waals surface area contributed by atoms with E-state index in [0.717, 1.165) is 0 Å². The lowest BCUT2D eigenvalue weighted by Gasteiger charge is -2.04. The van der Waals surface area contributed by atoms with Gasteiger partial charge < -0.3 is 9.15 Å². The monoisotopic (exact) mass is 376 g/mol. The molecule has 0 aliphatic rings. The number of ketones is 1. The molecule has 0 amide bonds. The summed E-state index contributed by atoms with van der Waals surface area (Å²) in [6, 6.07) is 7.44. The molecule has 0 atom stereocenters. The molecule has 0 fully saturated rings. The third-order valence-corrected chi connectivity index (χ3v) is 3.31. The van der Waals surface area contributed by atoms with Gasteiger partial charge in [0.1, 0.15) is 0 Å². The van der Waals surface area contributed by atoms with Crippen LogP contribution in [-0.2, 0) is 4.74 Å². The quantitative estimate of drug-likeness (QED) is 0.585. The fraction of sp³-hybridized carbons (Fsp3) is 0.0769. The van der Waals surface area contributed by atoms with E-state index in [2.05, 4.69) is 15.9 Å². The van der Waals surface area contributed by atoms with E-state index in [9.17, 15) is 9.59 Å². The summed E-state index contributed by atoms with van der Waals surface area (Å²) >= 11 is 14.7. The van der Waals surface area contributed by atoms with E-state index in [-0.39, 0.29) is 16.3 Å². The van der Waals surface area contributed by atoms with Crippen LogP contribution in [-0.4, -0.2) is 18.4 Å². The third kappa shape index (κ3) is 3.62. The van der Waals surface area contributed by atoms with Crippen LogP contribution in [0, 0.1) is 0 Å². The van der Waals surface area contributed by atoms with E-state index in [0.29, 0.717) is 9.69 Å². The Morgan fingerprint density at radius 2 is 1.95 bits per heavy atom. The van der Waals surface area contributed by atoms with Crippen molar-refractivity contribution in [3.05, 3.63) is 56.4 Å². The summed E-state index contributed by atoms with van der Waals surface area (Å²) in [5, 5.41) is 0.628. The van der Waals surface area contributed by atoms with Gasteiger partial charge in [-0.2, -0.15) is 0 Å². The summed E-state index contributed by atoms with van der Waals surface area (Å²) < 4.78 is 10.3. The van der Waals surface area contributed by atoms with Gasteiger partial charge in [0, 0.05) is 10.6 Å². The molecular formula is C13H7BrCl2O4. The fourth-order valence-corrected chi connectivity index (χ4v) is 2.24. The van der Waals surface area contributed by atoms with Gasteiger partial charge in [-0.15, -0.1) is 0 Å². The number of rotatable bonds is 4. The van der Waals surface area contributed by atoms with Crippen molar-refractivity contribution in [2.45, 2.75) is 0 Å². The molecule has 1 heterocycles. The Bertz CT molecular complexity index is 666. The summed E-state index contributed by atoms with van der Waals surface area (Å²) in [4.78, 5) is 23.5. The summed E-state index contributed by atoms with van der Waals surface area (Å²) in [6.45, 7) is -0.432. The highest BCUT2D eigenvalue weighted by Gasteiger charge is 2.16. The van der Waals surface area contributed by atoms with Crippen molar-refractivity contribution >= 4 is 50.9 Å². The number of halogens is 3. The molecule has 0 spiro atoms. The number of Topliss-reactive ketones (excluding diaryl/α,β-unsaturated/α-hetero) is 1. The highest BCUT2D eigenvalue weighted by molar-refractivity contribution is 9.10. The molecule has 0 saturated carbocycles. The first-order chi connectivity index (χ1) is 9.47. The van der Waals surface area contributed by atoms with Crippen LogP contribution in [0.5, 0.6) is 0 Å². The van der Waals surface area contributed by atoms with Crippen LogP contribution in [0.3, 0.4) is 0 Å². The summed E-state index contributed by atoms with van der Waals surface area (Å²) in [6.07, 6.45) is 0. The molecule has 0 aliphatic heterocycles. The van der Waals surface area contributed by atoms with Crippen molar-refractivity contribution in [2.24, 2.45) is 0 Å². The number of hydrogen-bond acceptors (Lipinski definition) is 4. The van der Waals surface area contributed by atoms with Crippen molar-refractivity contribution in [1.29, 1.82) is 0 Å². The molecule has 0 N–H and O–H groups in total. The first-order valence-corrected chi connectivity index (χ1v) is 6.93. The van der Waals surface area contributed by atoms with Crippen LogP contribution in [0.1, 0.15) is 20.9 Å². The van der Waals surface area contributed by atoms with Crippen molar-refractivity contribution in [3.63, 3.8) is 0 Å². The van der Waals surface area contributed by atoms with Gasteiger partial charge in [-0.3, -0.25) is 4.79 Å². The maximum absolute atomic E-state index is 11.9. The molecule has 0 aliphatic carbocycles. The molecule has 0 unspecified atom stereocenters. The average Bonchev–Trinajstić information content (AvgIpc) is 2.82. The second-order valence-corrected chi connectivity index (χ2v) is 5.35. The van der Waals surface area contributed by atoms with Crippen LogP contribution < -0.4 is 0 Å². The van der Waals surface area contributed by atoms with Crippen LogP contribution in [0.25, 0.3) is 0 Å². The largest absolute Gasteiger partial charge is 0.451 e. The van der Waals surface area contributed by atoms with Crippen molar-refractivity contribution < 1.29 is 18.7 Å². The Labute approximate surface area is 132 Å².